The van der Waals surface area contributed by atoms with Crippen molar-refractivity contribution in [2.75, 3.05) is 20.2 Å². The summed E-state index contributed by atoms with van der Waals surface area (Å²) in [7, 11) is 1.70. The molecule has 22 heavy (non-hydrogen) atoms. The number of methoxy groups -OCH3 is 1. The fraction of sp³-hybridized carbons (Fsp3) is 0.300. The first-order valence-corrected chi connectivity index (χ1v) is 7.89. The van der Waals surface area contributed by atoms with Gasteiger partial charge in [0.2, 0.25) is 0 Å². The molecule has 0 spiro atoms. The van der Waals surface area contributed by atoms with Crippen molar-refractivity contribution in [2.45, 2.75) is 19.9 Å². The third kappa shape index (κ3) is 4.22. The number of nitrogens with zero attached hydrogens (tertiary/aromatic N) is 1. The molecule has 0 amide bonds. The molecule has 2 rings (SSSR count). The lowest BCUT2D eigenvalue weighted by atomic mass is 10.0. The number of hydrogen-bond acceptors (Lipinski definition) is 2. The standard InChI is InChI=1S/C20H25NO/c1-4-21(5-2)20(16-11-17-9-7-6-8-10-17)18-12-14-19(22-3)15-13-18/h6-16,20H,4-5H2,1-3H3/b16-11+. The van der Waals surface area contributed by atoms with Crippen LogP contribution >= 0.6 is 0 Å². The summed E-state index contributed by atoms with van der Waals surface area (Å²) in [4.78, 5) is 2.45. The van der Waals surface area contributed by atoms with Gasteiger partial charge in [0.15, 0.2) is 0 Å². The lowest BCUT2D eigenvalue weighted by molar-refractivity contribution is 0.257. The highest BCUT2D eigenvalue weighted by Gasteiger charge is 2.14. The maximum atomic E-state index is 5.26. The van der Waals surface area contributed by atoms with Crippen LogP contribution in [0.15, 0.2) is 60.7 Å². The topological polar surface area (TPSA) is 12.5 Å². The molecular formula is C20H25NO. The summed E-state index contributed by atoms with van der Waals surface area (Å²) >= 11 is 0. The van der Waals surface area contributed by atoms with E-state index in [1.807, 2.05) is 18.2 Å². The molecule has 1 unspecified atom stereocenters. The lowest BCUT2D eigenvalue weighted by Gasteiger charge is -2.27. The third-order valence-electron chi connectivity index (χ3n) is 3.93. The summed E-state index contributed by atoms with van der Waals surface area (Å²) < 4.78 is 5.26. The fourth-order valence-corrected chi connectivity index (χ4v) is 2.63. The van der Waals surface area contributed by atoms with Gasteiger partial charge in [-0.05, 0) is 36.3 Å². The molecule has 0 bridgehead atoms. The summed E-state index contributed by atoms with van der Waals surface area (Å²) in [6, 6.07) is 19.1. The Morgan fingerprint density at radius 3 is 2.14 bits per heavy atom. The molecule has 1 atom stereocenters. The van der Waals surface area contributed by atoms with Gasteiger partial charge in [0.05, 0.1) is 13.2 Å². The average Bonchev–Trinajstić information content (AvgIpc) is 2.59. The first-order chi connectivity index (χ1) is 10.8. The normalized spacial score (nSPS) is 12.7. The minimum atomic E-state index is 0.279. The molecule has 0 N–H and O–H groups in total. The van der Waals surface area contributed by atoms with E-state index in [0.717, 1.165) is 18.8 Å². The molecule has 0 aliphatic heterocycles. The van der Waals surface area contributed by atoms with Crippen molar-refractivity contribution in [3.8, 4) is 5.75 Å². The van der Waals surface area contributed by atoms with Crippen molar-refractivity contribution in [2.24, 2.45) is 0 Å². The molecule has 0 aliphatic rings. The zero-order valence-electron chi connectivity index (χ0n) is 13.7. The number of hydrogen-bond donors (Lipinski definition) is 0. The summed E-state index contributed by atoms with van der Waals surface area (Å²) in [6.45, 7) is 6.45. The summed E-state index contributed by atoms with van der Waals surface area (Å²) in [5, 5.41) is 0. The van der Waals surface area contributed by atoms with Crippen LogP contribution in [0.5, 0.6) is 5.75 Å². The Hall–Kier alpha value is -2.06. The monoisotopic (exact) mass is 295 g/mol. The fourth-order valence-electron chi connectivity index (χ4n) is 2.63. The summed E-state index contributed by atoms with van der Waals surface area (Å²) in [5.41, 5.74) is 2.52. The number of benzene rings is 2. The van der Waals surface area contributed by atoms with E-state index in [4.69, 9.17) is 4.74 Å². The molecular weight excluding hydrogens is 270 g/mol. The van der Waals surface area contributed by atoms with Crippen molar-refractivity contribution >= 4 is 6.08 Å². The molecule has 116 valence electrons. The Labute approximate surface area is 134 Å². The molecule has 0 radical (unpaired) electrons. The highest BCUT2D eigenvalue weighted by Crippen LogP contribution is 2.25. The second-order valence-electron chi connectivity index (χ2n) is 5.21. The zero-order chi connectivity index (χ0) is 15.8. The lowest BCUT2D eigenvalue weighted by Crippen LogP contribution is -2.27. The Bertz CT molecular complexity index is 570. The average molecular weight is 295 g/mol. The molecule has 0 heterocycles. The van der Waals surface area contributed by atoms with Crippen LogP contribution in [-0.4, -0.2) is 25.1 Å². The molecule has 2 aromatic rings. The van der Waals surface area contributed by atoms with Gasteiger partial charge in [0.1, 0.15) is 5.75 Å². The largest absolute Gasteiger partial charge is 0.497 e. The van der Waals surface area contributed by atoms with Crippen LogP contribution in [-0.2, 0) is 0 Å². The predicted octanol–water partition coefficient (Wildman–Crippen LogP) is 4.79. The summed E-state index contributed by atoms with van der Waals surface area (Å²) in [6.07, 6.45) is 4.48. The van der Waals surface area contributed by atoms with Crippen LogP contribution < -0.4 is 4.74 Å². The molecule has 0 fully saturated rings. The molecule has 0 saturated heterocycles. The van der Waals surface area contributed by atoms with E-state index in [2.05, 4.69) is 67.3 Å². The molecule has 0 aliphatic carbocycles. The Morgan fingerprint density at radius 2 is 1.59 bits per heavy atom. The van der Waals surface area contributed by atoms with Crippen LogP contribution in [0.1, 0.15) is 31.0 Å². The van der Waals surface area contributed by atoms with Gasteiger partial charge in [0.25, 0.3) is 0 Å². The predicted molar refractivity (Wildman–Crippen MR) is 94.1 cm³/mol. The maximum absolute atomic E-state index is 5.26. The number of rotatable bonds is 7. The van der Waals surface area contributed by atoms with Gasteiger partial charge in [-0.2, -0.15) is 0 Å². The van der Waals surface area contributed by atoms with E-state index in [0.29, 0.717) is 0 Å². The van der Waals surface area contributed by atoms with E-state index in [1.54, 1.807) is 7.11 Å². The minimum Gasteiger partial charge on any atom is -0.497 e. The van der Waals surface area contributed by atoms with Crippen LogP contribution in [0.4, 0.5) is 0 Å². The quantitative estimate of drug-likeness (QED) is 0.728. The van der Waals surface area contributed by atoms with Crippen molar-refractivity contribution in [3.05, 3.63) is 71.8 Å². The van der Waals surface area contributed by atoms with Gasteiger partial charge in [-0.15, -0.1) is 0 Å². The van der Waals surface area contributed by atoms with Crippen molar-refractivity contribution in [1.82, 2.24) is 4.90 Å². The van der Waals surface area contributed by atoms with Crippen LogP contribution in [0.3, 0.4) is 0 Å². The maximum Gasteiger partial charge on any atom is 0.118 e. The molecule has 2 nitrogen and oxygen atoms in total. The van der Waals surface area contributed by atoms with Gasteiger partial charge in [0, 0.05) is 0 Å². The summed E-state index contributed by atoms with van der Waals surface area (Å²) in [5.74, 6) is 0.897. The highest BCUT2D eigenvalue weighted by atomic mass is 16.5. The number of likely N-dealkylation sites (N-methyl/N-ethyl adjacent to an activating group) is 1. The zero-order valence-corrected chi connectivity index (χ0v) is 13.7. The van der Waals surface area contributed by atoms with E-state index >= 15 is 0 Å². The van der Waals surface area contributed by atoms with Gasteiger partial charge in [-0.3, -0.25) is 4.90 Å². The third-order valence-corrected chi connectivity index (χ3v) is 3.93. The van der Waals surface area contributed by atoms with E-state index in [-0.39, 0.29) is 6.04 Å². The SMILES string of the molecule is CCN(CC)C(/C=C/c1ccccc1)c1ccc(OC)cc1. The first kappa shape index (κ1) is 16.3. The Kier molecular flexibility index (Phi) is 6.23. The van der Waals surface area contributed by atoms with Crippen molar-refractivity contribution in [1.29, 1.82) is 0 Å². The van der Waals surface area contributed by atoms with E-state index < -0.39 is 0 Å². The first-order valence-electron chi connectivity index (χ1n) is 7.89. The molecule has 0 saturated carbocycles. The molecule has 2 heteroatoms. The second kappa shape index (κ2) is 8.40. The second-order valence-corrected chi connectivity index (χ2v) is 5.21. The van der Waals surface area contributed by atoms with Gasteiger partial charge < -0.3 is 4.74 Å². The van der Waals surface area contributed by atoms with Crippen LogP contribution in [0, 0.1) is 0 Å². The van der Waals surface area contributed by atoms with E-state index in [1.165, 1.54) is 11.1 Å². The molecule has 2 aromatic carbocycles. The van der Waals surface area contributed by atoms with Crippen molar-refractivity contribution in [3.63, 3.8) is 0 Å². The van der Waals surface area contributed by atoms with Crippen LogP contribution in [0.2, 0.25) is 0 Å². The van der Waals surface area contributed by atoms with E-state index in [9.17, 15) is 0 Å². The van der Waals surface area contributed by atoms with Gasteiger partial charge in [-0.25, -0.2) is 0 Å². The minimum absolute atomic E-state index is 0.279. The number of ether oxygens (including phenoxy) is 1. The highest BCUT2D eigenvalue weighted by molar-refractivity contribution is 5.50. The Balaban J connectivity index is 2.27. The van der Waals surface area contributed by atoms with Crippen molar-refractivity contribution < 1.29 is 4.74 Å². The Morgan fingerprint density at radius 1 is 0.955 bits per heavy atom. The van der Waals surface area contributed by atoms with Gasteiger partial charge in [-0.1, -0.05) is 68.5 Å². The molecule has 0 aromatic heterocycles. The van der Waals surface area contributed by atoms with Gasteiger partial charge >= 0.3 is 0 Å². The smallest absolute Gasteiger partial charge is 0.118 e. The van der Waals surface area contributed by atoms with Crippen LogP contribution in [0.25, 0.3) is 6.08 Å².